The van der Waals surface area contributed by atoms with Gasteiger partial charge in [-0.05, 0) is 36.8 Å². The summed E-state index contributed by atoms with van der Waals surface area (Å²) in [7, 11) is 0. The highest BCUT2D eigenvalue weighted by Crippen LogP contribution is 2.32. The molecular formula is C18H17F3N6O. The number of alkyl halides is 3. The molecule has 1 heterocycles. The van der Waals surface area contributed by atoms with Gasteiger partial charge in [-0.1, -0.05) is 13.2 Å². The van der Waals surface area contributed by atoms with E-state index >= 15 is 0 Å². The van der Waals surface area contributed by atoms with Crippen molar-refractivity contribution in [2.45, 2.75) is 13.1 Å². The lowest BCUT2D eigenvalue weighted by Gasteiger charge is -2.09. The number of nitrogens with one attached hydrogen (secondary N) is 2. The van der Waals surface area contributed by atoms with Gasteiger partial charge in [0.05, 0.1) is 5.56 Å². The number of halogens is 3. The van der Waals surface area contributed by atoms with Crippen molar-refractivity contribution >= 4 is 17.9 Å². The Morgan fingerprint density at radius 2 is 2.00 bits per heavy atom. The van der Waals surface area contributed by atoms with Crippen molar-refractivity contribution in [2.75, 3.05) is 0 Å². The van der Waals surface area contributed by atoms with Crippen LogP contribution in [0.25, 0.3) is 17.6 Å². The topological polar surface area (TPSA) is 84.2 Å². The van der Waals surface area contributed by atoms with E-state index in [2.05, 4.69) is 39.1 Å². The van der Waals surface area contributed by atoms with E-state index in [1.807, 2.05) is 0 Å². The van der Waals surface area contributed by atoms with Crippen molar-refractivity contribution in [2.24, 2.45) is 4.99 Å². The van der Waals surface area contributed by atoms with Crippen LogP contribution in [0.5, 0.6) is 0 Å². The van der Waals surface area contributed by atoms with Gasteiger partial charge < -0.3 is 0 Å². The molecule has 0 atom stereocenters. The summed E-state index contributed by atoms with van der Waals surface area (Å²) in [4.78, 5) is 19.5. The second kappa shape index (κ2) is 8.80. The molecule has 2 N–H and O–H groups in total. The molecule has 1 amide bonds. The maximum atomic E-state index is 13.0. The van der Waals surface area contributed by atoms with Crippen LogP contribution in [0.2, 0.25) is 0 Å². The number of hydrogen-bond acceptors (Lipinski definition) is 4. The van der Waals surface area contributed by atoms with E-state index < -0.39 is 17.6 Å². The molecule has 2 aromatic rings. The van der Waals surface area contributed by atoms with Gasteiger partial charge in [0.2, 0.25) is 0 Å². The molecule has 0 radical (unpaired) electrons. The Bertz CT molecular complexity index is 943. The molecule has 0 aliphatic heterocycles. The molecule has 0 saturated carbocycles. The summed E-state index contributed by atoms with van der Waals surface area (Å²) in [6.07, 6.45) is 1.92. The van der Waals surface area contributed by atoms with Crippen LogP contribution in [0.4, 0.5) is 13.2 Å². The number of amidine groups is 1. The van der Waals surface area contributed by atoms with Gasteiger partial charge in [0.25, 0.3) is 5.91 Å². The molecule has 0 unspecified atom stereocenters. The molecular weight excluding hydrogens is 373 g/mol. The van der Waals surface area contributed by atoms with E-state index in [0.29, 0.717) is 11.4 Å². The molecule has 7 nitrogen and oxygen atoms in total. The Labute approximate surface area is 159 Å². The SMILES string of the molecule is C=CN=C(C=C)NNC(=O)C=Cn1cnc(-c2cc(C)cc(C(F)(F)F)c2)n1. The Morgan fingerprint density at radius 3 is 2.64 bits per heavy atom. The summed E-state index contributed by atoms with van der Waals surface area (Å²) in [5.74, 6) is -0.130. The zero-order valence-electron chi connectivity index (χ0n) is 14.9. The lowest BCUT2D eigenvalue weighted by Crippen LogP contribution is -2.39. The van der Waals surface area contributed by atoms with E-state index in [1.54, 1.807) is 13.0 Å². The quantitative estimate of drug-likeness (QED) is 0.356. The van der Waals surface area contributed by atoms with Crippen molar-refractivity contribution in [3.63, 3.8) is 0 Å². The first-order chi connectivity index (χ1) is 13.2. The van der Waals surface area contributed by atoms with Gasteiger partial charge in [-0.15, -0.1) is 5.10 Å². The van der Waals surface area contributed by atoms with E-state index in [9.17, 15) is 18.0 Å². The molecule has 0 spiro atoms. The number of aromatic nitrogens is 3. The molecule has 146 valence electrons. The minimum absolute atomic E-state index is 0.101. The van der Waals surface area contributed by atoms with E-state index in [-0.39, 0.29) is 11.4 Å². The standard InChI is InChI=1S/C18H17F3N6O/c1-4-15(22-5-2)24-25-16(28)6-7-27-11-23-17(26-27)13-8-12(3)9-14(10-13)18(19,20)21/h4-11H,1-2H2,3H3,(H,22,24)(H,25,28). The number of hydrogen-bond donors (Lipinski definition) is 2. The second-order valence-electron chi connectivity index (χ2n) is 5.46. The summed E-state index contributed by atoms with van der Waals surface area (Å²) in [6.45, 7) is 8.48. The van der Waals surface area contributed by atoms with E-state index in [0.717, 1.165) is 18.2 Å². The lowest BCUT2D eigenvalue weighted by atomic mass is 10.1. The van der Waals surface area contributed by atoms with Crippen LogP contribution < -0.4 is 10.9 Å². The highest BCUT2D eigenvalue weighted by Gasteiger charge is 2.31. The first-order valence-electron chi connectivity index (χ1n) is 7.88. The highest BCUT2D eigenvalue weighted by atomic mass is 19.4. The zero-order chi connectivity index (χ0) is 20.7. The number of carbonyl (C=O) groups is 1. The van der Waals surface area contributed by atoms with Crippen molar-refractivity contribution in [3.8, 4) is 11.4 Å². The largest absolute Gasteiger partial charge is 0.416 e. The zero-order valence-corrected chi connectivity index (χ0v) is 14.9. The number of aliphatic imine (C=N–C) groups is 1. The lowest BCUT2D eigenvalue weighted by molar-refractivity contribution is -0.137. The minimum Gasteiger partial charge on any atom is -0.282 e. The fourth-order valence-corrected chi connectivity index (χ4v) is 2.10. The maximum Gasteiger partial charge on any atom is 0.416 e. The van der Waals surface area contributed by atoms with Crippen molar-refractivity contribution in [1.29, 1.82) is 0 Å². The van der Waals surface area contributed by atoms with E-state index in [1.165, 1.54) is 29.5 Å². The summed E-state index contributed by atoms with van der Waals surface area (Å²) in [6, 6.07) is 3.57. The van der Waals surface area contributed by atoms with Crippen molar-refractivity contribution in [1.82, 2.24) is 25.6 Å². The monoisotopic (exact) mass is 390 g/mol. The van der Waals surface area contributed by atoms with Crippen LogP contribution in [0.15, 0.2) is 61.0 Å². The number of amides is 1. The molecule has 0 saturated heterocycles. The van der Waals surface area contributed by atoms with E-state index in [4.69, 9.17) is 0 Å². The van der Waals surface area contributed by atoms with Crippen LogP contribution in [-0.4, -0.2) is 26.5 Å². The van der Waals surface area contributed by atoms with Gasteiger partial charge in [0, 0.05) is 24.0 Å². The van der Waals surface area contributed by atoms with Crippen LogP contribution in [0.1, 0.15) is 11.1 Å². The normalized spacial score (nSPS) is 12.1. The number of rotatable bonds is 5. The molecule has 2 rings (SSSR count). The van der Waals surface area contributed by atoms with Gasteiger partial charge in [-0.25, -0.2) is 14.7 Å². The first-order valence-corrected chi connectivity index (χ1v) is 7.88. The Hall–Kier alpha value is -3.69. The fourth-order valence-electron chi connectivity index (χ4n) is 2.10. The molecule has 0 aliphatic rings. The summed E-state index contributed by atoms with van der Waals surface area (Å²) in [5.41, 5.74) is 4.75. The first kappa shape index (κ1) is 20.6. The smallest absolute Gasteiger partial charge is 0.282 e. The fraction of sp³-hybridized carbons (Fsp3) is 0.111. The predicted octanol–water partition coefficient (Wildman–Crippen LogP) is 3.09. The van der Waals surface area contributed by atoms with Crippen molar-refractivity contribution in [3.05, 3.63) is 67.2 Å². The Morgan fingerprint density at radius 1 is 1.25 bits per heavy atom. The third kappa shape index (κ3) is 5.66. The van der Waals surface area contributed by atoms with Gasteiger partial charge in [-0.2, -0.15) is 13.2 Å². The summed E-state index contributed by atoms with van der Waals surface area (Å²) >= 11 is 0. The third-order valence-corrected chi connectivity index (χ3v) is 3.29. The third-order valence-electron chi connectivity index (χ3n) is 3.29. The van der Waals surface area contributed by atoms with Gasteiger partial charge in [0.15, 0.2) is 5.82 Å². The minimum atomic E-state index is -4.46. The van der Waals surface area contributed by atoms with Crippen LogP contribution in [0.3, 0.4) is 0 Å². The predicted molar refractivity (Wildman–Crippen MR) is 99.6 cm³/mol. The summed E-state index contributed by atoms with van der Waals surface area (Å²) < 4.78 is 40.1. The molecule has 1 aromatic carbocycles. The number of nitrogens with zero attached hydrogens (tertiary/aromatic N) is 4. The molecule has 28 heavy (non-hydrogen) atoms. The average molecular weight is 390 g/mol. The number of carbonyl (C=O) groups excluding carboxylic acids is 1. The second-order valence-corrected chi connectivity index (χ2v) is 5.46. The van der Waals surface area contributed by atoms with Gasteiger partial charge >= 0.3 is 6.18 Å². The molecule has 10 heteroatoms. The number of aryl methyl sites for hydroxylation is 1. The molecule has 0 aliphatic carbocycles. The van der Waals surface area contributed by atoms with Crippen LogP contribution >= 0.6 is 0 Å². The van der Waals surface area contributed by atoms with Gasteiger partial charge in [0.1, 0.15) is 12.2 Å². The number of hydrazine groups is 1. The molecule has 0 bridgehead atoms. The van der Waals surface area contributed by atoms with Crippen LogP contribution in [-0.2, 0) is 11.0 Å². The van der Waals surface area contributed by atoms with Gasteiger partial charge in [-0.3, -0.25) is 15.6 Å². The Kier molecular flexibility index (Phi) is 6.48. The molecule has 0 fully saturated rings. The van der Waals surface area contributed by atoms with Crippen molar-refractivity contribution < 1.29 is 18.0 Å². The Balaban J connectivity index is 2.10. The average Bonchev–Trinajstić information content (AvgIpc) is 3.11. The number of benzene rings is 1. The maximum absolute atomic E-state index is 13.0. The molecule has 1 aromatic heterocycles. The highest BCUT2D eigenvalue weighted by molar-refractivity contribution is 5.96. The summed E-state index contributed by atoms with van der Waals surface area (Å²) in [5, 5.41) is 4.06. The van der Waals surface area contributed by atoms with Crippen LogP contribution in [0, 0.1) is 6.92 Å².